The van der Waals surface area contributed by atoms with Crippen LogP contribution in [-0.4, -0.2) is 17.9 Å². The lowest BCUT2D eigenvalue weighted by Crippen LogP contribution is -2.48. The number of nitrogens with zero attached hydrogens (tertiary/aromatic N) is 1. The summed E-state index contributed by atoms with van der Waals surface area (Å²) >= 11 is 0. The predicted molar refractivity (Wildman–Crippen MR) is 67.1 cm³/mol. The van der Waals surface area contributed by atoms with Crippen LogP contribution in [-0.2, 0) is 9.59 Å². The van der Waals surface area contributed by atoms with Crippen molar-refractivity contribution in [1.82, 2.24) is 5.32 Å². The summed E-state index contributed by atoms with van der Waals surface area (Å²) < 4.78 is 0. The van der Waals surface area contributed by atoms with Gasteiger partial charge in [-0.1, -0.05) is 19.8 Å². The molecule has 1 saturated carbocycles. The van der Waals surface area contributed by atoms with Crippen LogP contribution in [0, 0.1) is 23.2 Å². The highest BCUT2D eigenvalue weighted by Gasteiger charge is 2.26. The molecule has 0 heterocycles. The van der Waals surface area contributed by atoms with Crippen molar-refractivity contribution in [3.63, 3.8) is 0 Å². The fourth-order valence-electron chi connectivity index (χ4n) is 2.46. The Balaban J connectivity index is 2.47. The molecule has 1 fully saturated rings. The number of hydrogen-bond donors (Lipinski definition) is 2. The second kappa shape index (κ2) is 7.00. The summed E-state index contributed by atoms with van der Waals surface area (Å²) in [5.41, 5.74) is 5.26. The standard InChI is InChI=1S/C13H21N3O2/c1-9(6-7-14)12(13(15)18)16-11(17)8-10-4-2-3-5-10/h9-10,12H,2-6,8H2,1H3,(H2,15,18)(H,16,17)/t9-,12+/m1/s1. The molecular formula is C13H21N3O2. The number of amides is 2. The lowest BCUT2D eigenvalue weighted by Gasteiger charge is -2.21. The van der Waals surface area contributed by atoms with Gasteiger partial charge >= 0.3 is 0 Å². The summed E-state index contributed by atoms with van der Waals surface area (Å²) in [5.74, 6) is -0.516. The molecule has 0 bridgehead atoms. The third kappa shape index (κ3) is 4.36. The number of nitrogens with two attached hydrogens (primary N) is 1. The van der Waals surface area contributed by atoms with Gasteiger partial charge in [-0.05, 0) is 24.7 Å². The van der Waals surface area contributed by atoms with Crippen molar-refractivity contribution in [2.75, 3.05) is 0 Å². The Morgan fingerprint density at radius 2 is 2.06 bits per heavy atom. The van der Waals surface area contributed by atoms with Gasteiger partial charge < -0.3 is 11.1 Å². The maximum atomic E-state index is 11.8. The van der Waals surface area contributed by atoms with E-state index in [-0.39, 0.29) is 18.2 Å². The first-order valence-corrected chi connectivity index (χ1v) is 6.50. The molecule has 100 valence electrons. The van der Waals surface area contributed by atoms with E-state index in [0.29, 0.717) is 12.3 Å². The Bertz CT molecular complexity index is 343. The molecule has 5 nitrogen and oxygen atoms in total. The minimum absolute atomic E-state index is 0.129. The summed E-state index contributed by atoms with van der Waals surface area (Å²) in [4.78, 5) is 23.1. The molecule has 0 unspecified atom stereocenters. The van der Waals surface area contributed by atoms with Crippen molar-refractivity contribution in [1.29, 1.82) is 5.26 Å². The molecule has 1 aliphatic rings. The first-order chi connectivity index (χ1) is 8.54. The van der Waals surface area contributed by atoms with E-state index in [1.807, 2.05) is 6.07 Å². The molecule has 0 saturated heterocycles. The summed E-state index contributed by atoms with van der Waals surface area (Å²) in [7, 11) is 0. The maximum Gasteiger partial charge on any atom is 0.240 e. The summed E-state index contributed by atoms with van der Waals surface area (Å²) in [5, 5.41) is 11.3. The van der Waals surface area contributed by atoms with E-state index in [9.17, 15) is 9.59 Å². The number of carbonyl (C=O) groups is 2. The highest BCUT2D eigenvalue weighted by molar-refractivity contribution is 5.86. The molecule has 0 aromatic rings. The minimum Gasteiger partial charge on any atom is -0.368 e. The van der Waals surface area contributed by atoms with Crippen LogP contribution in [0.5, 0.6) is 0 Å². The average Bonchev–Trinajstić information content (AvgIpc) is 2.78. The molecule has 2 atom stereocenters. The van der Waals surface area contributed by atoms with Gasteiger partial charge in [-0.15, -0.1) is 0 Å². The topological polar surface area (TPSA) is 96.0 Å². The van der Waals surface area contributed by atoms with Crippen LogP contribution in [0.1, 0.15) is 45.4 Å². The Morgan fingerprint density at radius 3 is 2.56 bits per heavy atom. The average molecular weight is 251 g/mol. The van der Waals surface area contributed by atoms with E-state index < -0.39 is 11.9 Å². The van der Waals surface area contributed by atoms with Gasteiger partial charge in [-0.3, -0.25) is 9.59 Å². The molecule has 18 heavy (non-hydrogen) atoms. The molecule has 3 N–H and O–H groups in total. The highest BCUT2D eigenvalue weighted by atomic mass is 16.2. The Morgan fingerprint density at radius 1 is 1.44 bits per heavy atom. The van der Waals surface area contributed by atoms with Gasteiger partial charge in [0.05, 0.1) is 6.07 Å². The predicted octanol–water partition coefficient (Wildman–Crippen LogP) is 1.09. The van der Waals surface area contributed by atoms with E-state index in [2.05, 4.69) is 5.32 Å². The van der Waals surface area contributed by atoms with Crippen molar-refractivity contribution >= 4 is 11.8 Å². The highest BCUT2D eigenvalue weighted by Crippen LogP contribution is 2.27. The van der Waals surface area contributed by atoms with Crippen LogP contribution in [0.25, 0.3) is 0 Å². The van der Waals surface area contributed by atoms with E-state index >= 15 is 0 Å². The molecule has 1 rings (SSSR count). The van der Waals surface area contributed by atoms with Gasteiger partial charge in [0.2, 0.25) is 11.8 Å². The number of primary amides is 1. The number of nitriles is 1. The number of carbonyl (C=O) groups excluding carboxylic acids is 2. The molecule has 0 aliphatic heterocycles. The number of nitrogens with one attached hydrogen (secondary N) is 1. The van der Waals surface area contributed by atoms with E-state index in [1.165, 1.54) is 12.8 Å². The zero-order chi connectivity index (χ0) is 13.5. The third-order valence-corrected chi connectivity index (χ3v) is 3.55. The SMILES string of the molecule is C[C@H](CC#N)[C@H](NC(=O)CC1CCCC1)C(N)=O. The molecule has 1 aliphatic carbocycles. The first kappa shape index (κ1) is 14.5. The van der Waals surface area contributed by atoms with Crippen molar-refractivity contribution < 1.29 is 9.59 Å². The maximum absolute atomic E-state index is 11.8. The molecule has 0 spiro atoms. The van der Waals surface area contributed by atoms with Crippen LogP contribution in [0.15, 0.2) is 0 Å². The van der Waals surface area contributed by atoms with Gasteiger partial charge in [0, 0.05) is 12.8 Å². The molecule has 0 radical (unpaired) electrons. The van der Waals surface area contributed by atoms with Gasteiger partial charge in [-0.25, -0.2) is 0 Å². The molecule has 2 amide bonds. The van der Waals surface area contributed by atoms with E-state index in [1.54, 1.807) is 6.92 Å². The molecular weight excluding hydrogens is 230 g/mol. The van der Waals surface area contributed by atoms with Crippen LogP contribution < -0.4 is 11.1 Å². The second-order valence-electron chi connectivity index (χ2n) is 5.14. The monoisotopic (exact) mass is 251 g/mol. The minimum atomic E-state index is -0.737. The second-order valence-corrected chi connectivity index (χ2v) is 5.14. The zero-order valence-electron chi connectivity index (χ0n) is 10.8. The number of hydrogen-bond acceptors (Lipinski definition) is 3. The van der Waals surface area contributed by atoms with Gasteiger partial charge in [0.1, 0.15) is 6.04 Å². The first-order valence-electron chi connectivity index (χ1n) is 6.50. The smallest absolute Gasteiger partial charge is 0.240 e. The van der Waals surface area contributed by atoms with E-state index in [0.717, 1.165) is 12.8 Å². The lowest BCUT2D eigenvalue weighted by molar-refractivity contribution is -0.129. The van der Waals surface area contributed by atoms with Crippen LogP contribution in [0.3, 0.4) is 0 Å². The van der Waals surface area contributed by atoms with Gasteiger partial charge in [0.25, 0.3) is 0 Å². The van der Waals surface area contributed by atoms with E-state index in [4.69, 9.17) is 11.0 Å². The molecule has 5 heteroatoms. The Labute approximate surface area is 108 Å². The number of rotatable bonds is 6. The van der Waals surface area contributed by atoms with Gasteiger partial charge in [0.15, 0.2) is 0 Å². The van der Waals surface area contributed by atoms with Crippen molar-refractivity contribution in [2.24, 2.45) is 17.6 Å². The van der Waals surface area contributed by atoms with Crippen LogP contribution >= 0.6 is 0 Å². The molecule has 0 aromatic carbocycles. The van der Waals surface area contributed by atoms with Gasteiger partial charge in [-0.2, -0.15) is 5.26 Å². The largest absolute Gasteiger partial charge is 0.368 e. The third-order valence-electron chi connectivity index (χ3n) is 3.55. The fraction of sp³-hybridized carbons (Fsp3) is 0.769. The van der Waals surface area contributed by atoms with Crippen molar-refractivity contribution in [3.8, 4) is 6.07 Å². The quantitative estimate of drug-likeness (QED) is 0.739. The summed E-state index contributed by atoms with van der Waals surface area (Å²) in [6.45, 7) is 1.74. The summed E-state index contributed by atoms with van der Waals surface area (Å²) in [6.07, 6.45) is 5.20. The zero-order valence-corrected chi connectivity index (χ0v) is 10.8. The summed E-state index contributed by atoms with van der Waals surface area (Å²) in [6, 6.07) is 1.25. The fourth-order valence-corrected chi connectivity index (χ4v) is 2.46. The normalized spacial score (nSPS) is 18.9. The van der Waals surface area contributed by atoms with Crippen molar-refractivity contribution in [3.05, 3.63) is 0 Å². The van der Waals surface area contributed by atoms with Crippen LogP contribution in [0.2, 0.25) is 0 Å². The Hall–Kier alpha value is -1.57. The van der Waals surface area contributed by atoms with Crippen LogP contribution in [0.4, 0.5) is 0 Å². The Kier molecular flexibility index (Phi) is 5.63. The molecule has 0 aromatic heterocycles. The lowest BCUT2D eigenvalue weighted by atomic mass is 9.97. The van der Waals surface area contributed by atoms with Crippen molar-refractivity contribution in [2.45, 2.75) is 51.5 Å².